The number of rotatable bonds is 8. The zero-order chi connectivity index (χ0) is 20.7. The van der Waals surface area contributed by atoms with Crippen molar-refractivity contribution in [2.45, 2.75) is 33.3 Å². The van der Waals surface area contributed by atoms with E-state index in [4.69, 9.17) is 18.9 Å². The minimum Gasteiger partial charge on any atom is -0.496 e. The molecule has 0 bridgehead atoms. The molecule has 1 aromatic carbocycles. The van der Waals surface area contributed by atoms with Crippen molar-refractivity contribution in [3.05, 3.63) is 29.3 Å². The summed E-state index contributed by atoms with van der Waals surface area (Å²) in [6.45, 7) is 6.85. The molecule has 0 spiro atoms. The molecule has 7 heteroatoms. The van der Waals surface area contributed by atoms with Crippen LogP contribution in [0.25, 0.3) is 6.08 Å². The van der Waals surface area contributed by atoms with Gasteiger partial charge < -0.3 is 23.8 Å². The van der Waals surface area contributed by atoms with Gasteiger partial charge in [-0.15, -0.1) is 0 Å². The smallest absolute Gasteiger partial charge is 0.409 e. The molecular weight excluding hydrogens is 362 g/mol. The summed E-state index contributed by atoms with van der Waals surface area (Å²) in [6.07, 6.45) is 1.28. The highest BCUT2D eigenvalue weighted by atomic mass is 16.6. The Morgan fingerprint density at radius 2 is 2.00 bits per heavy atom. The van der Waals surface area contributed by atoms with Crippen LogP contribution in [-0.4, -0.2) is 57.0 Å². The number of hydrogen-bond donors (Lipinski definition) is 0. The second kappa shape index (κ2) is 10.0. The van der Waals surface area contributed by atoms with Crippen LogP contribution in [0.5, 0.6) is 11.5 Å². The van der Waals surface area contributed by atoms with E-state index in [1.807, 2.05) is 12.1 Å². The maximum atomic E-state index is 12.5. The first-order valence-electron chi connectivity index (χ1n) is 9.44. The standard InChI is InChI=1S/C21H29NO6/c1-6-27-20(23)19-15(13-22(21(24)26-5)11-10-14(2)3)12-16-17(25-4)8-7-9-18(16)28-19/h7-9,12,14,19H,6,10-11,13H2,1-5H3/t19-/m0/s1. The first-order valence-corrected chi connectivity index (χ1v) is 9.44. The van der Waals surface area contributed by atoms with Crippen molar-refractivity contribution < 1.29 is 28.5 Å². The van der Waals surface area contributed by atoms with Gasteiger partial charge >= 0.3 is 12.1 Å². The fourth-order valence-electron chi connectivity index (χ4n) is 2.96. The van der Waals surface area contributed by atoms with Crippen LogP contribution < -0.4 is 9.47 Å². The number of esters is 1. The predicted molar refractivity (Wildman–Crippen MR) is 105 cm³/mol. The molecule has 0 unspecified atom stereocenters. The largest absolute Gasteiger partial charge is 0.496 e. The molecule has 1 amide bonds. The minimum absolute atomic E-state index is 0.195. The van der Waals surface area contributed by atoms with Crippen LogP contribution in [0.15, 0.2) is 23.8 Å². The monoisotopic (exact) mass is 391 g/mol. The Hall–Kier alpha value is -2.70. The van der Waals surface area contributed by atoms with Crippen LogP contribution in [0.1, 0.15) is 32.8 Å². The van der Waals surface area contributed by atoms with Gasteiger partial charge in [0.2, 0.25) is 6.10 Å². The van der Waals surface area contributed by atoms with E-state index in [0.717, 1.165) is 12.0 Å². The molecule has 0 aromatic heterocycles. The zero-order valence-corrected chi connectivity index (χ0v) is 17.2. The first kappa shape index (κ1) is 21.6. The molecule has 2 rings (SSSR count). The fourth-order valence-corrected chi connectivity index (χ4v) is 2.96. The lowest BCUT2D eigenvalue weighted by Crippen LogP contribution is -2.41. The van der Waals surface area contributed by atoms with Gasteiger partial charge in [0.15, 0.2) is 0 Å². The third kappa shape index (κ3) is 5.18. The third-order valence-corrected chi connectivity index (χ3v) is 4.44. The second-order valence-corrected chi connectivity index (χ2v) is 6.92. The number of fused-ring (bicyclic) bond motifs is 1. The molecule has 1 atom stereocenters. The lowest BCUT2D eigenvalue weighted by Gasteiger charge is -2.30. The van der Waals surface area contributed by atoms with Crippen LogP contribution in [0.4, 0.5) is 4.79 Å². The predicted octanol–water partition coefficient (Wildman–Crippen LogP) is 3.52. The number of carbonyl (C=O) groups excluding carboxylic acids is 2. The number of ether oxygens (including phenoxy) is 4. The Morgan fingerprint density at radius 1 is 1.25 bits per heavy atom. The number of methoxy groups -OCH3 is 2. The molecule has 0 N–H and O–H groups in total. The van der Waals surface area contributed by atoms with Crippen LogP contribution in [0.3, 0.4) is 0 Å². The molecule has 1 heterocycles. The molecule has 154 valence electrons. The van der Waals surface area contributed by atoms with E-state index >= 15 is 0 Å². The second-order valence-electron chi connectivity index (χ2n) is 6.92. The topological polar surface area (TPSA) is 74.3 Å². The van der Waals surface area contributed by atoms with Crippen molar-refractivity contribution in [2.24, 2.45) is 5.92 Å². The van der Waals surface area contributed by atoms with Crippen molar-refractivity contribution >= 4 is 18.1 Å². The number of amides is 1. The molecule has 0 aliphatic carbocycles. The van der Waals surface area contributed by atoms with Crippen LogP contribution in [0.2, 0.25) is 0 Å². The summed E-state index contributed by atoms with van der Waals surface area (Å²) < 4.78 is 21.5. The lowest BCUT2D eigenvalue weighted by atomic mass is 10.00. The Balaban J connectivity index is 2.39. The maximum absolute atomic E-state index is 12.5. The third-order valence-electron chi connectivity index (χ3n) is 4.44. The SMILES string of the molecule is CCOC(=O)[C@H]1Oc2cccc(OC)c2C=C1CN(CCC(C)C)C(=O)OC. The fraction of sp³-hybridized carbons (Fsp3) is 0.524. The van der Waals surface area contributed by atoms with Gasteiger partial charge in [0.05, 0.1) is 26.4 Å². The average Bonchev–Trinajstić information content (AvgIpc) is 2.69. The molecule has 7 nitrogen and oxygen atoms in total. The molecule has 1 aromatic rings. The highest BCUT2D eigenvalue weighted by molar-refractivity contribution is 5.84. The Morgan fingerprint density at radius 3 is 2.61 bits per heavy atom. The summed E-state index contributed by atoms with van der Waals surface area (Å²) in [5.74, 6) is 1.10. The van der Waals surface area contributed by atoms with E-state index in [1.165, 1.54) is 7.11 Å². The average molecular weight is 391 g/mol. The molecule has 0 fully saturated rings. The Bertz CT molecular complexity index is 728. The number of benzene rings is 1. The summed E-state index contributed by atoms with van der Waals surface area (Å²) in [4.78, 5) is 26.3. The van der Waals surface area contributed by atoms with Crippen LogP contribution in [-0.2, 0) is 14.3 Å². The van der Waals surface area contributed by atoms with E-state index < -0.39 is 18.2 Å². The molecule has 1 aliphatic rings. The van der Waals surface area contributed by atoms with E-state index in [1.54, 1.807) is 31.1 Å². The van der Waals surface area contributed by atoms with Gasteiger partial charge in [-0.2, -0.15) is 0 Å². The number of nitrogens with zero attached hydrogens (tertiary/aromatic N) is 1. The van der Waals surface area contributed by atoms with Gasteiger partial charge in [-0.3, -0.25) is 0 Å². The number of carbonyl (C=O) groups is 2. The van der Waals surface area contributed by atoms with E-state index in [-0.39, 0.29) is 13.2 Å². The highest BCUT2D eigenvalue weighted by Gasteiger charge is 2.33. The van der Waals surface area contributed by atoms with Crippen molar-refractivity contribution in [2.75, 3.05) is 33.9 Å². The summed E-state index contributed by atoms with van der Waals surface area (Å²) in [6, 6.07) is 5.38. The summed E-state index contributed by atoms with van der Waals surface area (Å²) in [5.41, 5.74) is 1.35. The molecular formula is C21H29NO6. The molecule has 28 heavy (non-hydrogen) atoms. The van der Waals surface area contributed by atoms with E-state index in [2.05, 4.69) is 13.8 Å². The first-order chi connectivity index (χ1) is 13.4. The zero-order valence-electron chi connectivity index (χ0n) is 17.2. The highest BCUT2D eigenvalue weighted by Crippen LogP contribution is 2.36. The molecule has 1 aliphatic heterocycles. The molecule has 0 radical (unpaired) electrons. The van der Waals surface area contributed by atoms with Crippen molar-refractivity contribution in [3.63, 3.8) is 0 Å². The van der Waals surface area contributed by atoms with Gasteiger partial charge in [0.1, 0.15) is 11.5 Å². The normalized spacial score (nSPS) is 15.2. The molecule has 0 saturated carbocycles. The van der Waals surface area contributed by atoms with Crippen LogP contribution >= 0.6 is 0 Å². The summed E-state index contributed by atoms with van der Waals surface area (Å²) in [5, 5.41) is 0. The van der Waals surface area contributed by atoms with E-state index in [0.29, 0.717) is 29.5 Å². The van der Waals surface area contributed by atoms with Crippen molar-refractivity contribution in [1.29, 1.82) is 0 Å². The maximum Gasteiger partial charge on any atom is 0.409 e. The quantitative estimate of drug-likeness (QED) is 0.631. The van der Waals surface area contributed by atoms with Gasteiger partial charge in [0, 0.05) is 18.7 Å². The van der Waals surface area contributed by atoms with Gasteiger partial charge in [-0.1, -0.05) is 19.9 Å². The Kier molecular flexibility index (Phi) is 7.72. The summed E-state index contributed by atoms with van der Waals surface area (Å²) in [7, 11) is 2.92. The number of hydrogen-bond acceptors (Lipinski definition) is 6. The lowest BCUT2D eigenvalue weighted by molar-refractivity contribution is -0.149. The van der Waals surface area contributed by atoms with Gasteiger partial charge in [-0.05, 0) is 37.5 Å². The minimum atomic E-state index is -0.925. The van der Waals surface area contributed by atoms with Crippen molar-refractivity contribution in [3.8, 4) is 11.5 Å². The summed E-state index contributed by atoms with van der Waals surface area (Å²) >= 11 is 0. The molecule has 0 saturated heterocycles. The van der Waals surface area contributed by atoms with E-state index in [9.17, 15) is 9.59 Å². The van der Waals surface area contributed by atoms with Crippen LogP contribution in [0, 0.1) is 5.92 Å². The van der Waals surface area contributed by atoms with Gasteiger partial charge in [0.25, 0.3) is 0 Å². The van der Waals surface area contributed by atoms with Crippen molar-refractivity contribution in [1.82, 2.24) is 4.90 Å². The Labute approximate surface area is 166 Å². The van der Waals surface area contributed by atoms with Gasteiger partial charge in [-0.25, -0.2) is 9.59 Å².